The Morgan fingerprint density at radius 1 is 0.816 bits per heavy atom. The van der Waals surface area contributed by atoms with Gasteiger partial charge in [-0.05, 0) is 72.9 Å². The fourth-order valence-electron chi connectivity index (χ4n) is 5.48. The van der Waals surface area contributed by atoms with Crippen molar-refractivity contribution >= 4 is 32.6 Å². The fourth-order valence-corrected chi connectivity index (χ4v) is 7.04. The van der Waals surface area contributed by atoms with Gasteiger partial charge in [0.15, 0.2) is 0 Å². The molecule has 1 aliphatic carbocycles. The van der Waals surface area contributed by atoms with Gasteiger partial charge in [-0.1, -0.05) is 43.2 Å². The molecule has 38 heavy (non-hydrogen) atoms. The predicted molar refractivity (Wildman–Crippen MR) is 143 cm³/mol. The Morgan fingerprint density at radius 3 is 2.24 bits per heavy atom. The molecule has 1 saturated carbocycles. The van der Waals surface area contributed by atoms with Crippen LogP contribution in [0.4, 0.5) is 4.39 Å². The molecule has 0 aromatic heterocycles. The molecule has 9 heteroatoms. The lowest BCUT2D eigenvalue weighted by molar-refractivity contribution is -0.127. The molecule has 200 valence electrons. The van der Waals surface area contributed by atoms with E-state index in [4.69, 9.17) is 0 Å². The molecule has 5 rings (SSSR count). The third-order valence-electron chi connectivity index (χ3n) is 7.63. The van der Waals surface area contributed by atoms with Gasteiger partial charge < -0.3 is 10.6 Å². The summed E-state index contributed by atoms with van der Waals surface area (Å²) in [6, 6.07) is 17.6. The number of nitrogens with zero attached hydrogens (tertiary/aromatic N) is 1. The van der Waals surface area contributed by atoms with Crippen molar-refractivity contribution in [1.29, 1.82) is 0 Å². The van der Waals surface area contributed by atoms with Gasteiger partial charge in [-0.2, -0.15) is 4.31 Å². The molecule has 0 radical (unpaired) electrons. The topological polar surface area (TPSA) is 95.6 Å². The molecule has 3 aromatic carbocycles. The van der Waals surface area contributed by atoms with Gasteiger partial charge in [0.25, 0.3) is 5.91 Å². The third-order valence-corrected chi connectivity index (χ3v) is 9.49. The minimum atomic E-state index is -3.74. The van der Waals surface area contributed by atoms with Crippen molar-refractivity contribution in [1.82, 2.24) is 14.9 Å². The van der Waals surface area contributed by atoms with Crippen LogP contribution in [0.1, 0.15) is 48.9 Å². The van der Waals surface area contributed by atoms with E-state index in [1.165, 1.54) is 28.6 Å². The summed E-state index contributed by atoms with van der Waals surface area (Å²) < 4.78 is 41.5. The highest BCUT2D eigenvalue weighted by atomic mass is 32.2. The van der Waals surface area contributed by atoms with Gasteiger partial charge in [-0.15, -0.1) is 0 Å². The largest absolute Gasteiger partial charge is 0.351 e. The summed E-state index contributed by atoms with van der Waals surface area (Å²) in [6.45, 7) is 0.499. The number of carbonyl (C=O) groups excluding carboxylic acids is 2. The van der Waals surface area contributed by atoms with Crippen LogP contribution in [0.3, 0.4) is 0 Å². The third kappa shape index (κ3) is 5.73. The molecule has 0 spiro atoms. The lowest BCUT2D eigenvalue weighted by atomic mass is 9.89. The number of sulfonamides is 1. The first kappa shape index (κ1) is 26.3. The van der Waals surface area contributed by atoms with Crippen molar-refractivity contribution in [3.05, 3.63) is 78.1 Å². The van der Waals surface area contributed by atoms with Crippen LogP contribution in [0.2, 0.25) is 0 Å². The second kappa shape index (κ2) is 11.2. The van der Waals surface area contributed by atoms with Gasteiger partial charge in [0, 0.05) is 30.7 Å². The average Bonchev–Trinajstić information content (AvgIpc) is 2.94. The molecule has 3 aromatic rings. The number of hydrogen-bond donors (Lipinski definition) is 2. The monoisotopic (exact) mass is 537 g/mol. The lowest BCUT2D eigenvalue weighted by Crippen LogP contribution is -2.55. The summed E-state index contributed by atoms with van der Waals surface area (Å²) in [6.07, 6.45) is 4.52. The Bertz CT molecular complexity index is 1430. The number of benzene rings is 3. The van der Waals surface area contributed by atoms with E-state index < -0.39 is 21.8 Å². The number of fused-ring (bicyclic) bond motifs is 1. The second-order valence-corrected chi connectivity index (χ2v) is 12.1. The SMILES string of the molecule is O=C(N[C@@H]1CCCC[C@H]1NC(=O)[C@@H]1CCCN(S(=O)(=O)c2ccc3ccccc3c2)C1)c1ccc(F)cc1. The highest BCUT2D eigenvalue weighted by Gasteiger charge is 2.35. The first-order valence-electron chi connectivity index (χ1n) is 13.2. The van der Waals surface area contributed by atoms with E-state index in [9.17, 15) is 22.4 Å². The minimum absolute atomic E-state index is 0.125. The zero-order valence-corrected chi connectivity index (χ0v) is 21.9. The van der Waals surface area contributed by atoms with Crippen LogP contribution in [0.5, 0.6) is 0 Å². The zero-order chi connectivity index (χ0) is 26.7. The van der Waals surface area contributed by atoms with Crippen LogP contribution in [0, 0.1) is 11.7 Å². The molecule has 7 nitrogen and oxygen atoms in total. The maximum absolute atomic E-state index is 13.4. The number of rotatable bonds is 6. The quantitative estimate of drug-likeness (QED) is 0.492. The second-order valence-electron chi connectivity index (χ2n) is 10.2. The molecule has 2 aliphatic rings. The molecule has 3 atom stereocenters. The maximum Gasteiger partial charge on any atom is 0.251 e. The number of piperidine rings is 1. The first-order chi connectivity index (χ1) is 18.3. The Kier molecular flexibility index (Phi) is 7.76. The smallest absolute Gasteiger partial charge is 0.251 e. The molecular formula is C29H32FN3O4S. The number of carbonyl (C=O) groups is 2. The van der Waals surface area contributed by atoms with E-state index in [2.05, 4.69) is 10.6 Å². The predicted octanol–water partition coefficient (Wildman–Crippen LogP) is 4.24. The fraction of sp³-hybridized carbons (Fsp3) is 0.379. The molecule has 1 aliphatic heterocycles. The van der Waals surface area contributed by atoms with Crippen molar-refractivity contribution in [3.63, 3.8) is 0 Å². The van der Waals surface area contributed by atoms with Crippen LogP contribution in [0.25, 0.3) is 10.8 Å². The summed E-state index contributed by atoms with van der Waals surface area (Å²) >= 11 is 0. The van der Waals surface area contributed by atoms with Gasteiger partial charge in [0.1, 0.15) is 5.82 Å². The molecule has 0 unspecified atom stereocenters. The van der Waals surface area contributed by atoms with E-state index in [0.717, 1.165) is 36.5 Å². The summed E-state index contributed by atoms with van der Waals surface area (Å²) in [5, 5.41) is 7.93. The highest BCUT2D eigenvalue weighted by Crippen LogP contribution is 2.27. The van der Waals surface area contributed by atoms with E-state index in [-0.39, 0.29) is 35.3 Å². The number of hydrogen-bond acceptors (Lipinski definition) is 4. The van der Waals surface area contributed by atoms with Crippen LogP contribution in [-0.4, -0.2) is 49.7 Å². The van der Waals surface area contributed by atoms with E-state index in [0.29, 0.717) is 24.9 Å². The van der Waals surface area contributed by atoms with Crippen molar-refractivity contribution in [3.8, 4) is 0 Å². The van der Waals surface area contributed by atoms with Crippen molar-refractivity contribution < 1.29 is 22.4 Å². The summed E-state index contributed by atoms with van der Waals surface area (Å²) in [7, 11) is -3.74. The standard InChI is InChI=1S/C29H32FN3O4S/c30-24-14-11-21(12-15-24)28(34)31-26-9-3-4-10-27(26)32-29(35)23-8-5-17-33(19-23)38(36,37)25-16-13-20-6-1-2-7-22(20)18-25/h1-2,6-7,11-16,18,23,26-27H,3-5,8-10,17,19H2,(H,31,34)(H,32,35)/t23-,26-,27-/m1/s1. The van der Waals surface area contributed by atoms with Crippen LogP contribution in [0.15, 0.2) is 71.6 Å². The molecule has 2 N–H and O–H groups in total. The van der Waals surface area contributed by atoms with E-state index in [1.54, 1.807) is 18.2 Å². The maximum atomic E-state index is 13.4. The number of halogens is 1. The van der Waals surface area contributed by atoms with Gasteiger partial charge in [0.2, 0.25) is 15.9 Å². The Morgan fingerprint density at radius 2 is 1.50 bits per heavy atom. The van der Waals surface area contributed by atoms with E-state index in [1.807, 2.05) is 24.3 Å². The van der Waals surface area contributed by atoms with Crippen LogP contribution >= 0.6 is 0 Å². The Hall–Kier alpha value is -3.30. The zero-order valence-electron chi connectivity index (χ0n) is 21.1. The average molecular weight is 538 g/mol. The van der Waals surface area contributed by atoms with Crippen LogP contribution < -0.4 is 10.6 Å². The summed E-state index contributed by atoms with van der Waals surface area (Å²) in [5.41, 5.74) is 0.365. The highest BCUT2D eigenvalue weighted by molar-refractivity contribution is 7.89. The van der Waals surface area contributed by atoms with Crippen molar-refractivity contribution in [2.75, 3.05) is 13.1 Å². The molecule has 1 saturated heterocycles. The number of amides is 2. The molecule has 1 heterocycles. The van der Waals surface area contributed by atoms with E-state index >= 15 is 0 Å². The Labute approximate surface area is 222 Å². The normalized spacial score (nSPS) is 22.6. The minimum Gasteiger partial charge on any atom is -0.351 e. The number of nitrogens with one attached hydrogen (secondary N) is 2. The van der Waals surface area contributed by atoms with Crippen molar-refractivity contribution in [2.24, 2.45) is 5.92 Å². The van der Waals surface area contributed by atoms with Gasteiger partial charge >= 0.3 is 0 Å². The van der Waals surface area contributed by atoms with Gasteiger partial charge in [-0.3, -0.25) is 9.59 Å². The molecule has 0 bridgehead atoms. The van der Waals surface area contributed by atoms with Crippen molar-refractivity contribution in [2.45, 2.75) is 55.5 Å². The lowest BCUT2D eigenvalue weighted by Gasteiger charge is -2.36. The van der Waals surface area contributed by atoms with Gasteiger partial charge in [-0.25, -0.2) is 12.8 Å². The molecule has 2 amide bonds. The first-order valence-corrected chi connectivity index (χ1v) is 14.6. The summed E-state index contributed by atoms with van der Waals surface area (Å²) in [4.78, 5) is 26.2. The van der Waals surface area contributed by atoms with Gasteiger partial charge in [0.05, 0.1) is 10.8 Å². The Balaban J connectivity index is 1.24. The summed E-state index contributed by atoms with van der Waals surface area (Å²) in [5.74, 6) is -1.36. The molecule has 2 fully saturated rings. The molecular weight excluding hydrogens is 505 g/mol. The van der Waals surface area contributed by atoms with Crippen LogP contribution in [-0.2, 0) is 14.8 Å².